The van der Waals surface area contributed by atoms with Gasteiger partial charge in [-0.2, -0.15) is 5.10 Å². The van der Waals surface area contributed by atoms with Crippen LogP contribution < -0.4 is 5.32 Å². The number of nitrogens with zero attached hydrogens (tertiary/aromatic N) is 2. The van der Waals surface area contributed by atoms with Crippen molar-refractivity contribution in [3.05, 3.63) is 52.8 Å². The van der Waals surface area contributed by atoms with Gasteiger partial charge in [-0.05, 0) is 30.2 Å². The van der Waals surface area contributed by atoms with Crippen LogP contribution in [-0.4, -0.2) is 26.8 Å². The van der Waals surface area contributed by atoms with Gasteiger partial charge in [0.2, 0.25) is 5.91 Å². The van der Waals surface area contributed by atoms with E-state index in [1.165, 1.54) is 4.68 Å². The van der Waals surface area contributed by atoms with Crippen LogP contribution in [0.3, 0.4) is 0 Å². The summed E-state index contributed by atoms with van der Waals surface area (Å²) in [4.78, 5) is 23.1. The van der Waals surface area contributed by atoms with Gasteiger partial charge >= 0.3 is 5.97 Å². The zero-order valence-electron chi connectivity index (χ0n) is 12.0. The molecule has 1 aromatic heterocycles. The van der Waals surface area contributed by atoms with Gasteiger partial charge in [0, 0.05) is 11.2 Å². The van der Waals surface area contributed by atoms with Gasteiger partial charge in [-0.1, -0.05) is 23.7 Å². The molecular formula is C15H16ClN3O3. The number of nitrogens with one attached hydrogen (secondary N) is 1. The van der Waals surface area contributed by atoms with Crippen LogP contribution in [0.2, 0.25) is 5.02 Å². The van der Waals surface area contributed by atoms with Gasteiger partial charge in [0.05, 0.1) is 18.7 Å². The molecule has 0 radical (unpaired) electrons. The molecule has 1 amide bonds. The molecule has 0 aliphatic heterocycles. The molecule has 116 valence electrons. The van der Waals surface area contributed by atoms with Crippen LogP contribution in [0.1, 0.15) is 23.6 Å². The Kier molecular flexibility index (Phi) is 5.16. The summed E-state index contributed by atoms with van der Waals surface area (Å²) in [6, 6.07) is 6.12. The summed E-state index contributed by atoms with van der Waals surface area (Å²) in [7, 11) is 0. The second-order valence-electron chi connectivity index (χ2n) is 4.98. The predicted octanol–water partition coefficient (Wildman–Crippen LogP) is 2.18. The van der Waals surface area contributed by atoms with Crippen molar-refractivity contribution in [1.29, 1.82) is 0 Å². The number of benzene rings is 1. The lowest BCUT2D eigenvalue weighted by atomic mass is 10.0. The van der Waals surface area contributed by atoms with Gasteiger partial charge in [-0.25, -0.2) is 0 Å². The number of carboxylic acid groups (broad SMARTS) is 1. The van der Waals surface area contributed by atoms with Gasteiger partial charge in [-0.3, -0.25) is 14.3 Å². The number of hydrogen-bond donors (Lipinski definition) is 2. The molecule has 1 atom stereocenters. The molecule has 0 spiro atoms. The monoisotopic (exact) mass is 321 g/mol. The number of halogens is 1. The molecule has 0 fully saturated rings. The van der Waals surface area contributed by atoms with E-state index in [4.69, 9.17) is 16.7 Å². The van der Waals surface area contributed by atoms with Crippen molar-refractivity contribution in [1.82, 2.24) is 15.1 Å². The third-order valence-corrected chi connectivity index (χ3v) is 3.31. The average Bonchev–Trinajstić information content (AvgIpc) is 2.83. The van der Waals surface area contributed by atoms with E-state index < -0.39 is 12.0 Å². The second kappa shape index (κ2) is 7.09. The molecular weight excluding hydrogens is 306 g/mol. The number of aromatic nitrogens is 2. The zero-order chi connectivity index (χ0) is 16.1. The SMILES string of the molecule is Cc1cnn(CC(=O)N[C@H](CC(=O)O)c2ccc(Cl)cc2)c1. The van der Waals surface area contributed by atoms with Crippen molar-refractivity contribution in [2.75, 3.05) is 0 Å². The Labute approximate surface area is 132 Å². The van der Waals surface area contributed by atoms with Crippen LogP contribution in [0.25, 0.3) is 0 Å². The quantitative estimate of drug-likeness (QED) is 0.854. The summed E-state index contributed by atoms with van der Waals surface area (Å²) in [5.41, 5.74) is 1.64. The Hall–Kier alpha value is -2.34. The van der Waals surface area contributed by atoms with Crippen LogP contribution in [0.5, 0.6) is 0 Å². The van der Waals surface area contributed by atoms with Crippen molar-refractivity contribution >= 4 is 23.5 Å². The minimum atomic E-state index is -0.991. The molecule has 6 nitrogen and oxygen atoms in total. The highest BCUT2D eigenvalue weighted by Gasteiger charge is 2.18. The lowest BCUT2D eigenvalue weighted by Crippen LogP contribution is -2.33. The van der Waals surface area contributed by atoms with Crippen LogP contribution in [-0.2, 0) is 16.1 Å². The van der Waals surface area contributed by atoms with E-state index in [0.29, 0.717) is 10.6 Å². The van der Waals surface area contributed by atoms with Crippen LogP contribution in [0.15, 0.2) is 36.7 Å². The lowest BCUT2D eigenvalue weighted by Gasteiger charge is -2.17. The second-order valence-corrected chi connectivity index (χ2v) is 5.42. The minimum absolute atomic E-state index is 0.0392. The Morgan fingerprint density at radius 2 is 2.05 bits per heavy atom. The number of carboxylic acids is 1. The number of hydrogen-bond acceptors (Lipinski definition) is 3. The van der Waals surface area contributed by atoms with Crippen molar-refractivity contribution in [3.63, 3.8) is 0 Å². The first-order valence-corrected chi connectivity index (χ1v) is 7.07. The number of aryl methyl sites for hydroxylation is 1. The highest BCUT2D eigenvalue weighted by molar-refractivity contribution is 6.30. The molecule has 0 saturated carbocycles. The first-order valence-electron chi connectivity index (χ1n) is 6.69. The van der Waals surface area contributed by atoms with Crippen molar-refractivity contribution in [3.8, 4) is 0 Å². The fourth-order valence-corrected chi connectivity index (χ4v) is 2.19. The largest absolute Gasteiger partial charge is 0.481 e. The van der Waals surface area contributed by atoms with E-state index in [0.717, 1.165) is 5.56 Å². The van der Waals surface area contributed by atoms with Gasteiger partial charge < -0.3 is 10.4 Å². The zero-order valence-corrected chi connectivity index (χ0v) is 12.7. The summed E-state index contributed by atoms with van der Waals surface area (Å²) in [6.45, 7) is 1.92. The molecule has 2 aromatic rings. The number of carbonyl (C=O) groups excluding carboxylic acids is 1. The van der Waals surface area contributed by atoms with Crippen molar-refractivity contribution < 1.29 is 14.7 Å². The van der Waals surface area contributed by atoms with Gasteiger partial charge in [-0.15, -0.1) is 0 Å². The van der Waals surface area contributed by atoms with Crippen molar-refractivity contribution in [2.24, 2.45) is 0 Å². The molecule has 0 unspecified atom stereocenters. The summed E-state index contributed by atoms with van der Waals surface area (Å²) >= 11 is 5.82. The van der Waals surface area contributed by atoms with Gasteiger partial charge in [0.25, 0.3) is 0 Å². The fourth-order valence-electron chi connectivity index (χ4n) is 2.06. The molecule has 2 rings (SSSR count). The van der Waals surface area contributed by atoms with E-state index in [9.17, 15) is 9.59 Å². The Morgan fingerprint density at radius 1 is 1.36 bits per heavy atom. The number of aliphatic carboxylic acids is 1. The smallest absolute Gasteiger partial charge is 0.305 e. The van der Waals surface area contributed by atoms with Crippen LogP contribution in [0, 0.1) is 6.92 Å². The minimum Gasteiger partial charge on any atom is -0.481 e. The van der Waals surface area contributed by atoms with E-state index in [2.05, 4.69) is 10.4 Å². The molecule has 22 heavy (non-hydrogen) atoms. The predicted molar refractivity (Wildman–Crippen MR) is 81.6 cm³/mol. The number of rotatable bonds is 6. The van der Waals surface area contributed by atoms with E-state index in [1.54, 1.807) is 36.7 Å². The molecule has 0 bridgehead atoms. The molecule has 2 N–H and O–H groups in total. The number of carbonyl (C=O) groups is 2. The highest BCUT2D eigenvalue weighted by Crippen LogP contribution is 2.19. The lowest BCUT2D eigenvalue weighted by molar-refractivity contribution is -0.137. The van der Waals surface area contributed by atoms with E-state index in [-0.39, 0.29) is 18.9 Å². The number of amides is 1. The van der Waals surface area contributed by atoms with Crippen LogP contribution in [0.4, 0.5) is 0 Å². The third-order valence-electron chi connectivity index (χ3n) is 3.05. The van der Waals surface area contributed by atoms with Crippen molar-refractivity contribution in [2.45, 2.75) is 25.9 Å². The fraction of sp³-hybridized carbons (Fsp3) is 0.267. The summed E-state index contributed by atoms with van der Waals surface area (Å²) in [6.07, 6.45) is 3.20. The Bertz CT molecular complexity index is 667. The molecule has 7 heteroatoms. The van der Waals surface area contributed by atoms with E-state index >= 15 is 0 Å². The van der Waals surface area contributed by atoms with Gasteiger partial charge in [0.15, 0.2) is 0 Å². The first kappa shape index (κ1) is 16.0. The summed E-state index contributed by atoms with van der Waals surface area (Å²) in [5, 5.41) is 16.3. The normalized spacial score (nSPS) is 11.9. The summed E-state index contributed by atoms with van der Waals surface area (Å²) < 4.78 is 1.50. The summed E-state index contributed by atoms with van der Waals surface area (Å²) in [5.74, 6) is -1.29. The van der Waals surface area contributed by atoms with E-state index in [1.807, 2.05) is 6.92 Å². The first-order chi connectivity index (χ1) is 10.4. The maximum Gasteiger partial charge on any atom is 0.305 e. The maximum absolute atomic E-state index is 12.1. The Balaban J connectivity index is 2.07. The molecule has 1 heterocycles. The molecule has 0 aliphatic rings. The molecule has 0 aliphatic carbocycles. The molecule has 1 aromatic carbocycles. The standard InChI is InChI=1S/C15H16ClN3O3/c1-10-7-17-19(8-10)9-14(20)18-13(6-15(21)22)11-2-4-12(16)5-3-11/h2-5,7-8,13H,6,9H2,1H3,(H,18,20)(H,21,22)/t13-/m1/s1. The third kappa shape index (κ3) is 4.60. The molecule has 0 saturated heterocycles. The Morgan fingerprint density at radius 3 is 2.59 bits per heavy atom. The maximum atomic E-state index is 12.1. The average molecular weight is 322 g/mol. The van der Waals surface area contributed by atoms with Gasteiger partial charge in [0.1, 0.15) is 6.54 Å². The van der Waals surface area contributed by atoms with Crippen LogP contribution >= 0.6 is 11.6 Å². The highest BCUT2D eigenvalue weighted by atomic mass is 35.5. The topological polar surface area (TPSA) is 84.2 Å².